The molecule has 0 spiro atoms. The van der Waals surface area contributed by atoms with Crippen LogP contribution in [0.1, 0.15) is 101 Å². The van der Waals surface area contributed by atoms with Crippen LogP contribution < -0.4 is 5.32 Å². The molecule has 2 aromatic rings. The summed E-state index contributed by atoms with van der Waals surface area (Å²) >= 11 is 0. The Labute approximate surface area is 257 Å². The van der Waals surface area contributed by atoms with E-state index in [0.29, 0.717) is 50.6 Å². The fourth-order valence-corrected chi connectivity index (χ4v) is 6.52. The summed E-state index contributed by atoms with van der Waals surface area (Å²) in [5, 5.41) is 13.9. The van der Waals surface area contributed by atoms with Crippen molar-refractivity contribution in [3.05, 3.63) is 88.8 Å². The molecule has 0 aromatic heterocycles. The van der Waals surface area contributed by atoms with Crippen molar-refractivity contribution in [1.29, 1.82) is 0 Å². The zero-order valence-electron chi connectivity index (χ0n) is 26.8. The summed E-state index contributed by atoms with van der Waals surface area (Å²) in [6, 6.07) is 12.2. The third-order valence-electron chi connectivity index (χ3n) is 9.56. The molecule has 2 aliphatic rings. The molecule has 1 aliphatic carbocycles. The molecular formula is C37H49FN2O3. The minimum atomic E-state index is -0.663. The molecule has 1 aliphatic heterocycles. The molecule has 1 saturated heterocycles. The highest BCUT2D eigenvalue weighted by molar-refractivity contribution is 5.98. The van der Waals surface area contributed by atoms with Crippen molar-refractivity contribution in [2.75, 3.05) is 11.9 Å². The standard InChI is InChI=1S/C37H49FN2O3/c1-7-37(43,8-2)22-21-26-17-19-27(20-18-26)33-30(34(41)39-29-14-10-13-28(24-29)36(4,5)6)15-11-23-40(33)35(42)32-25(3)12-9-16-31(32)38/h9-10,12-14,16-19,24,27,30,33,43H,7-8,11,15,20-23H2,1-6H3,(H,39,41)/t27?,30?,33-/m0/s1. The number of allylic oxidation sites excluding steroid dienone is 3. The Hall–Kier alpha value is -3.25. The fraction of sp³-hybridized carbons (Fsp3) is 0.514. The summed E-state index contributed by atoms with van der Waals surface area (Å²) in [6.45, 7) is 12.7. The highest BCUT2D eigenvalue weighted by Crippen LogP contribution is 2.37. The van der Waals surface area contributed by atoms with Gasteiger partial charge in [-0.2, -0.15) is 0 Å². The van der Waals surface area contributed by atoms with Gasteiger partial charge in [-0.1, -0.05) is 82.7 Å². The Morgan fingerprint density at radius 3 is 2.44 bits per heavy atom. The van der Waals surface area contributed by atoms with Crippen LogP contribution >= 0.6 is 0 Å². The summed E-state index contributed by atoms with van der Waals surface area (Å²) in [5.74, 6) is -1.54. The zero-order valence-corrected chi connectivity index (χ0v) is 26.8. The van der Waals surface area contributed by atoms with Crippen molar-refractivity contribution in [1.82, 2.24) is 4.90 Å². The van der Waals surface area contributed by atoms with E-state index in [9.17, 15) is 14.7 Å². The van der Waals surface area contributed by atoms with E-state index in [0.717, 1.165) is 23.2 Å². The predicted octanol–water partition coefficient (Wildman–Crippen LogP) is 8.12. The van der Waals surface area contributed by atoms with Crippen LogP contribution in [0.3, 0.4) is 0 Å². The Morgan fingerprint density at radius 2 is 1.81 bits per heavy atom. The van der Waals surface area contributed by atoms with E-state index in [1.165, 1.54) is 6.07 Å². The van der Waals surface area contributed by atoms with Crippen LogP contribution in [0, 0.1) is 24.6 Å². The molecule has 5 nitrogen and oxygen atoms in total. The number of aliphatic hydroxyl groups is 1. The average Bonchev–Trinajstić information content (AvgIpc) is 2.99. The van der Waals surface area contributed by atoms with Crippen LogP contribution in [0.15, 0.2) is 66.3 Å². The molecule has 2 N–H and O–H groups in total. The number of anilines is 1. The SMILES string of the molecule is CCC(O)(CC)CCC1=CCC([C@H]2C(C(=O)Nc3cccc(C(C)(C)C)c3)CCCN2C(=O)c2c(C)cccc2F)C=C1. The number of amides is 2. The minimum absolute atomic E-state index is 0.0597. The maximum atomic E-state index is 15.0. The van der Waals surface area contributed by atoms with Crippen molar-refractivity contribution >= 4 is 17.5 Å². The number of piperidine rings is 1. The Balaban J connectivity index is 1.62. The summed E-state index contributed by atoms with van der Waals surface area (Å²) in [4.78, 5) is 29.7. The van der Waals surface area contributed by atoms with E-state index in [4.69, 9.17) is 0 Å². The first-order chi connectivity index (χ1) is 20.4. The number of halogens is 1. The quantitative estimate of drug-likeness (QED) is 0.311. The molecule has 6 heteroatoms. The lowest BCUT2D eigenvalue weighted by Crippen LogP contribution is -2.55. The highest BCUT2D eigenvalue weighted by Gasteiger charge is 2.43. The molecule has 2 unspecified atom stereocenters. The van der Waals surface area contributed by atoms with E-state index >= 15 is 4.39 Å². The van der Waals surface area contributed by atoms with Crippen LogP contribution in [0.2, 0.25) is 0 Å². The van der Waals surface area contributed by atoms with Crippen LogP contribution in [-0.2, 0) is 10.2 Å². The van der Waals surface area contributed by atoms with Gasteiger partial charge in [-0.15, -0.1) is 0 Å². The van der Waals surface area contributed by atoms with E-state index in [-0.39, 0.29) is 28.7 Å². The molecule has 232 valence electrons. The Bertz CT molecular complexity index is 1350. The van der Waals surface area contributed by atoms with Crippen molar-refractivity contribution < 1.29 is 19.1 Å². The number of rotatable bonds is 9. The minimum Gasteiger partial charge on any atom is -0.390 e. The number of nitrogens with one attached hydrogen (secondary N) is 1. The first-order valence-corrected chi connectivity index (χ1v) is 15.9. The first-order valence-electron chi connectivity index (χ1n) is 15.9. The number of nitrogens with zero attached hydrogens (tertiary/aromatic N) is 1. The molecule has 2 amide bonds. The number of carbonyl (C=O) groups is 2. The second-order valence-electron chi connectivity index (χ2n) is 13.5. The van der Waals surface area contributed by atoms with Crippen LogP contribution in [0.4, 0.5) is 10.1 Å². The van der Waals surface area contributed by atoms with Gasteiger partial charge in [-0.25, -0.2) is 4.39 Å². The molecular weight excluding hydrogens is 539 g/mol. The van der Waals surface area contributed by atoms with Crippen molar-refractivity contribution in [3.63, 3.8) is 0 Å². The smallest absolute Gasteiger partial charge is 0.257 e. The van der Waals surface area contributed by atoms with Gasteiger partial charge in [0.25, 0.3) is 5.91 Å². The van der Waals surface area contributed by atoms with Gasteiger partial charge in [0.1, 0.15) is 5.82 Å². The highest BCUT2D eigenvalue weighted by atomic mass is 19.1. The van der Waals surface area contributed by atoms with Gasteiger partial charge in [0, 0.05) is 18.2 Å². The fourth-order valence-electron chi connectivity index (χ4n) is 6.52. The number of benzene rings is 2. The number of hydrogen-bond acceptors (Lipinski definition) is 3. The lowest BCUT2D eigenvalue weighted by atomic mass is 9.76. The van der Waals surface area contributed by atoms with Gasteiger partial charge in [0.2, 0.25) is 5.91 Å². The summed E-state index contributed by atoms with van der Waals surface area (Å²) in [6.07, 6.45) is 11.3. The van der Waals surface area contributed by atoms with E-state index in [2.05, 4.69) is 50.4 Å². The monoisotopic (exact) mass is 588 g/mol. The molecule has 3 atom stereocenters. The lowest BCUT2D eigenvalue weighted by molar-refractivity contribution is -0.123. The first kappa shape index (κ1) is 32.7. The zero-order chi connectivity index (χ0) is 31.4. The maximum Gasteiger partial charge on any atom is 0.257 e. The molecule has 1 fully saturated rings. The van der Waals surface area contributed by atoms with E-state index in [1.807, 2.05) is 32.0 Å². The largest absolute Gasteiger partial charge is 0.390 e. The number of likely N-dealkylation sites (tertiary alicyclic amines) is 1. The molecule has 0 radical (unpaired) electrons. The third-order valence-corrected chi connectivity index (χ3v) is 9.56. The van der Waals surface area contributed by atoms with Crippen LogP contribution in [0.5, 0.6) is 0 Å². The number of hydrogen-bond donors (Lipinski definition) is 2. The molecule has 2 aromatic carbocycles. The van der Waals surface area contributed by atoms with Gasteiger partial charge in [-0.05, 0) is 86.6 Å². The average molecular weight is 589 g/mol. The molecule has 0 saturated carbocycles. The number of carbonyl (C=O) groups excluding carboxylic acids is 2. The van der Waals surface area contributed by atoms with Gasteiger partial charge >= 0.3 is 0 Å². The number of aryl methyl sites for hydroxylation is 1. The van der Waals surface area contributed by atoms with Crippen molar-refractivity contribution in [2.24, 2.45) is 11.8 Å². The van der Waals surface area contributed by atoms with Gasteiger partial charge < -0.3 is 15.3 Å². The topological polar surface area (TPSA) is 69.6 Å². The second kappa shape index (κ2) is 13.6. The van der Waals surface area contributed by atoms with Gasteiger partial charge in [-0.3, -0.25) is 9.59 Å². The molecule has 1 heterocycles. The van der Waals surface area contributed by atoms with Crippen LogP contribution in [0.25, 0.3) is 0 Å². The van der Waals surface area contributed by atoms with Crippen molar-refractivity contribution in [2.45, 2.75) is 104 Å². The Kier molecular flexibility index (Phi) is 10.3. The van der Waals surface area contributed by atoms with E-state index in [1.54, 1.807) is 24.0 Å². The van der Waals surface area contributed by atoms with Gasteiger partial charge in [0.05, 0.1) is 23.1 Å². The lowest BCUT2D eigenvalue weighted by Gasteiger charge is -2.44. The summed E-state index contributed by atoms with van der Waals surface area (Å²) in [7, 11) is 0. The Morgan fingerprint density at radius 1 is 1.09 bits per heavy atom. The van der Waals surface area contributed by atoms with Crippen molar-refractivity contribution in [3.8, 4) is 0 Å². The van der Waals surface area contributed by atoms with E-state index < -0.39 is 23.4 Å². The third kappa shape index (κ3) is 7.64. The van der Waals surface area contributed by atoms with Gasteiger partial charge in [0.15, 0.2) is 0 Å². The van der Waals surface area contributed by atoms with Crippen LogP contribution in [-0.4, -0.2) is 40.0 Å². The predicted molar refractivity (Wildman–Crippen MR) is 173 cm³/mol. The normalized spacial score (nSPS) is 21.0. The molecule has 43 heavy (non-hydrogen) atoms. The summed E-state index contributed by atoms with van der Waals surface area (Å²) < 4.78 is 15.0. The molecule has 4 rings (SSSR count). The summed E-state index contributed by atoms with van der Waals surface area (Å²) in [5.41, 5.74) is 2.98. The molecule has 0 bridgehead atoms. The maximum absolute atomic E-state index is 15.0. The second-order valence-corrected chi connectivity index (χ2v) is 13.5.